The molecule has 1 amide bonds. The standard InChI is InChI=1S/C8H10N4O3/c9-6(13)8(3-14-1-2-15-8)7-11-4-10-5-12-7/h4-5H,1-3H2,(H2,9,13). The van der Waals surface area contributed by atoms with Crippen molar-refractivity contribution in [3.63, 3.8) is 0 Å². The lowest BCUT2D eigenvalue weighted by Gasteiger charge is -2.32. The van der Waals surface area contributed by atoms with E-state index in [4.69, 9.17) is 15.2 Å². The molecule has 0 aliphatic carbocycles. The van der Waals surface area contributed by atoms with Crippen molar-refractivity contribution in [3.8, 4) is 0 Å². The van der Waals surface area contributed by atoms with Crippen molar-refractivity contribution >= 4 is 5.91 Å². The van der Waals surface area contributed by atoms with Crippen LogP contribution in [0, 0.1) is 0 Å². The van der Waals surface area contributed by atoms with Gasteiger partial charge in [-0.15, -0.1) is 0 Å². The molecule has 1 aromatic rings. The minimum atomic E-state index is -1.37. The Morgan fingerprint density at radius 3 is 2.67 bits per heavy atom. The van der Waals surface area contributed by atoms with Crippen LogP contribution in [-0.4, -0.2) is 40.7 Å². The third-order valence-electron chi connectivity index (χ3n) is 2.13. The maximum Gasteiger partial charge on any atom is 0.260 e. The van der Waals surface area contributed by atoms with Crippen LogP contribution in [0.1, 0.15) is 5.82 Å². The van der Waals surface area contributed by atoms with E-state index in [0.717, 1.165) is 0 Å². The van der Waals surface area contributed by atoms with Gasteiger partial charge < -0.3 is 15.2 Å². The van der Waals surface area contributed by atoms with E-state index in [1.807, 2.05) is 0 Å². The number of primary amides is 1. The number of amides is 1. The number of ether oxygens (including phenoxy) is 2. The molecule has 0 spiro atoms. The smallest absolute Gasteiger partial charge is 0.260 e. The second-order valence-electron chi connectivity index (χ2n) is 3.05. The SMILES string of the molecule is NC(=O)C1(c2ncncn2)COCCO1. The van der Waals surface area contributed by atoms with Crippen molar-refractivity contribution in [1.82, 2.24) is 15.0 Å². The minimum Gasteiger partial charge on any atom is -0.375 e. The third kappa shape index (κ3) is 1.66. The monoisotopic (exact) mass is 210 g/mol. The van der Waals surface area contributed by atoms with Crippen LogP contribution in [0.25, 0.3) is 0 Å². The molecule has 2 rings (SSSR count). The molecule has 2 heterocycles. The lowest BCUT2D eigenvalue weighted by atomic mass is 10.0. The molecule has 1 unspecified atom stereocenters. The summed E-state index contributed by atoms with van der Waals surface area (Å²) in [6.07, 6.45) is 2.57. The lowest BCUT2D eigenvalue weighted by molar-refractivity contribution is -0.181. The van der Waals surface area contributed by atoms with E-state index in [1.165, 1.54) is 12.7 Å². The average molecular weight is 210 g/mol. The summed E-state index contributed by atoms with van der Waals surface area (Å²) < 4.78 is 10.5. The summed E-state index contributed by atoms with van der Waals surface area (Å²) in [4.78, 5) is 22.8. The van der Waals surface area contributed by atoms with Gasteiger partial charge in [-0.05, 0) is 0 Å². The van der Waals surface area contributed by atoms with Gasteiger partial charge in [0.2, 0.25) is 5.60 Å². The summed E-state index contributed by atoms with van der Waals surface area (Å²) in [6.45, 7) is 0.751. The maximum atomic E-state index is 11.4. The highest BCUT2D eigenvalue weighted by Crippen LogP contribution is 2.24. The van der Waals surface area contributed by atoms with Crippen LogP contribution in [0.3, 0.4) is 0 Å². The molecular formula is C8H10N4O3. The predicted molar refractivity (Wildman–Crippen MR) is 47.5 cm³/mol. The van der Waals surface area contributed by atoms with Gasteiger partial charge in [-0.3, -0.25) is 4.79 Å². The zero-order valence-corrected chi connectivity index (χ0v) is 7.92. The highest BCUT2D eigenvalue weighted by atomic mass is 16.6. The van der Waals surface area contributed by atoms with Crippen LogP contribution in [-0.2, 0) is 19.9 Å². The fraction of sp³-hybridized carbons (Fsp3) is 0.500. The topological polar surface area (TPSA) is 100 Å². The van der Waals surface area contributed by atoms with Crippen LogP contribution in [0.4, 0.5) is 0 Å². The van der Waals surface area contributed by atoms with Gasteiger partial charge in [0.1, 0.15) is 12.7 Å². The Hall–Kier alpha value is -1.60. The largest absolute Gasteiger partial charge is 0.375 e. The van der Waals surface area contributed by atoms with E-state index >= 15 is 0 Å². The second kappa shape index (κ2) is 3.87. The minimum absolute atomic E-state index is 0.0341. The molecular weight excluding hydrogens is 200 g/mol. The van der Waals surface area contributed by atoms with E-state index in [-0.39, 0.29) is 19.0 Å². The predicted octanol–water partition coefficient (Wildman–Crippen LogP) is -1.40. The van der Waals surface area contributed by atoms with Gasteiger partial charge in [-0.2, -0.15) is 0 Å². The molecule has 1 aliphatic heterocycles. The van der Waals surface area contributed by atoms with Crippen molar-refractivity contribution < 1.29 is 14.3 Å². The van der Waals surface area contributed by atoms with Crippen LogP contribution in [0.15, 0.2) is 12.7 Å². The van der Waals surface area contributed by atoms with Gasteiger partial charge in [0.05, 0.1) is 19.8 Å². The molecule has 2 N–H and O–H groups in total. The number of carbonyl (C=O) groups excluding carboxylic acids is 1. The summed E-state index contributed by atoms with van der Waals surface area (Å²) in [7, 11) is 0. The van der Waals surface area contributed by atoms with Crippen molar-refractivity contribution in [2.24, 2.45) is 5.73 Å². The number of aromatic nitrogens is 3. The number of carbonyl (C=O) groups is 1. The molecule has 7 nitrogen and oxygen atoms in total. The number of hydrogen-bond acceptors (Lipinski definition) is 6. The van der Waals surface area contributed by atoms with Gasteiger partial charge in [-0.1, -0.05) is 0 Å². The first-order valence-corrected chi connectivity index (χ1v) is 4.40. The van der Waals surface area contributed by atoms with Gasteiger partial charge in [0.25, 0.3) is 5.91 Å². The first kappa shape index (κ1) is 9.94. The van der Waals surface area contributed by atoms with Crippen LogP contribution < -0.4 is 5.73 Å². The third-order valence-corrected chi connectivity index (χ3v) is 2.13. The number of nitrogens with zero attached hydrogens (tertiary/aromatic N) is 3. The van der Waals surface area contributed by atoms with Crippen molar-refractivity contribution in [2.45, 2.75) is 5.60 Å². The molecule has 1 fully saturated rings. The molecule has 80 valence electrons. The van der Waals surface area contributed by atoms with E-state index in [2.05, 4.69) is 15.0 Å². The number of rotatable bonds is 2. The van der Waals surface area contributed by atoms with Crippen molar-refractivity contribution in [3.05, 3.63) is 18.5 Å². The molecule has 0 radical (unpaired) electrons. The number of nitrogens with two attached hydrogens (primary N) is 1. The molecule has 0 aromatic carbocycles. The molecule has 0 saturated carbocycles. The quantitative estimate of drug-likeness (QED) is 0.644. The summed E-state index contributed by atoms with van der Waals surface area (Å²) in [5.74, 6) is -0.474. The highest BCUT2D eigenvalue weighted by molar-refractivity contribution is 5.84. The Balaban J connectivity index is 2.38. The normalized spacial score (nSPS) is 26.1. The Morgan fingerprint density at radius 2 is 2.13 bits per heavy atom. The van der Waals surface area contributed by atoms with E-state index in [0.29, 0.717) is 6.61 Å². The van der Waals surface area contributed by atoms with Gasteiger partial charge in [-0.25, -0.2) is 15.0 Å². The Bertz CT molecular complexity index is 350. The van der Waals surface area contributed by atoms with E-state index < -0.39 is 11.5 Å². The molecule has 0 bridgehead atoms. The van der Waals surface area contributed by atoms with Gasteiger partial charge in [0.15, 0.2) is 5.82 Å². The van der Waals surface area contributed by atoms with Gasteiger partial charge in [0, 0.05) is 0 Å². The first-order valence-electron chi connectivity index (χ1n) is 4.40. The lowest BCUT2D eigenvalue weighted by Crippen LogP contribution is -2.51. The Labute approximate surface area is 85.6 Å². The number of hydrogen-bond donors (Lipinski definition) is 1. The molecule has 1 atom stereocenters. The van der Waals surface area contributed by atoms with Gasteiger partial charge >= 0.3 is 0 Å². The zero-order valence-electron chi connectivity index (χ0n) is 7.92. The average Bonchev–Trinajstić information content (AvgIpc) is 2.31. The molecule has 15 heavy (non-hydrogen) atoms. The molecule has 1 aromatic heterocycles. The van der Waals surface area contributed by atoms with E-state index in [1.54, 1.807) is 0 Å². The summed E-state index contributed by atoms with van der Waals surface area (Å²) in [5.41, 5.74) is 3.92. The Kier molecular flexibility index (Phi) is 2.57. The van der Waals surface area contributed by atoms with Crippen LogP contribution in [0.5, 0.6) is 0 Å². The highest BCUT2D eigenvalue weighted by Gasteiger charge is 2.45. The van der Waals surface area contributed by atoms with Crippen molar-refractivity contribution in [2.75, 3.05) is 19.8 Å². The molecule has 1 saturated heterocycles. The van der Waals surface area contributed by atoms with Crippen LogP contribution >= 0.6 is 0 Å². The fourth-order valence-corrected chi connectivity index (χ4v) is 1.36. The van der Waals surface area contributed by atoms with E-state index in [9.17, 15) is 4.79 Å². The fourth-order valence-electron chi connectivity index (χ4n) is 1.36. The second-order valence-corrected chi connectivity index (χ2v) is 3.05. The zero-order chi connectivity index (χ0) is 10.7. The summed E-state index contributed by atoms with van der Waals surface area (Å²) in [6, 6.07) is 0. The summed E-state index contributed by atoms with van der Waals surface area (Å²) >= 11 is 0. The first-order chi connectivity index (χ1) is 7.26. The molecule has 7 heteroatoms. The Morgan fingerprint density at radius 1 is 1.40 bits per heavy atom. The van der Waals surface area contributed by atoms with Crippen LogP contribution in [0.2, 0.25) is 0 Å². The maximum absolute atomic E-state index is 11.4. The summed E-state index contributed by atoms with van der Waals surface area (Å²) in [5, 5.41) is 0. The van der Waals surface area contributed by atoms with Crippen molar-refractivity contribution in [1.29, 1.82) is 0 Å². The molecule has 1 aliphatic rings.